The Hall–Kier alpha value is -1.68. The number of nitrogens with zero attached hydrogens (tertiary/aromatic N) is 1. The number of fused-ring (bicyclic) bond motifs is 1. The number of allylic oxidation sites excluding steroid dienone is 1. The van der Waals surface area contributed by atoms with E-state index >= 15 is 0 Å². The van der Waals surface area contributed by atoms with Gasteiger partial charge in [-0.1, -0.05) is 6.07 Å². The lowest BCUT2D eigenvalue weighted by Gasteiger charge is -2.37. The molecular formula is C17H23NO3. The molecule has 1 saturated heterocycles. The highest BCUT2D eigenvalue weighted by molar-refractivity contribution is 5.49. The molecule has 21 heavy (non-hydrogen) atoms. The van der Waals surface area contributed by atoms with Crippen LogP contribution < -0.4 is 9.47 Å². The van der Waals surface area contributed by atoms with E-state index in [0.717, 1.165) is 24.2 Å². The monoisotopic (exact) mass is 295 g/mol. The van der Waals surface area contributed by atoms with Crippen molar-refractivity contribution in [3.63, 3.8) is 0 Å². The highest BCUT2D eigenvalue weighted by Crippen LogP contribution is 2.50. The molecule has 0 saturated carbocycles. The molecule has 1 aliphatic carbocycles. The Kier molecular flexibility index (Phi) is 2.18. The summed E-state index contributed by atoms with van der Waals surface area (Å²) in [6, 6.07) is 4.74. The first-order valence-corrected chi connectivity index (χ1v) is 7.04. The molecule has 1 fully saturated rings. The fourth-order valence-corrected chi connectivity index (χ4v) is 3.58. The summed E-state index contributed by atoms with van der Waals surface area (Å²) in [5.74, 6) is -0.267. The van der Waals surface area contributed by atoms with Crippen molar-refractivity contribution in [1.82, 2.24) is 4.90 Å². The van der Waals surface area contributed by atoms with Gasteiger partial charge < -0.3 is 19.5 Å². The highest BCUT2D eigenvalue weighted by Gasteiger charge is 2.45. The van der Waals surface area contributed by atoms with Crippen LogP contribution >= 0.6 is 0 Å². The van der Waals surface area contributed by atoms with Gasteiger partial charge in [0, 0.05) is 24.7 Å². The molecule has 0 aromatic heterocycles. The molecule has 0 radical (unpaired) electrons. The van der Waals surface area contributed by atoms with E-state index < -0.39 is 20.2 Å². The second kappa shape index (κ2) is 5.26. The summed E-state index contributed by atoms with van der Waals surface area (Å²) in [6.07, 6.45) is 3.45. The predicted molar refractivity (Wildman–Crippen MR) is 81.8 cm³/mol. The Bertz CT molecular complexity index is 745. The number of methoxy groups -OCH3 is 2. The van der Waals surface area contributed by atoms with E-state index in [0.29, 0.717) is 12.8 Å². The molecule has 0 unspecified atom stereocenters. The lowest BCUT2D eigenvalue weighted by atomic mass is 9.70. The number of aliphatic hydroxyl groups excluding tert-OH is 1. The third kappa shape index (κ3) is 2.18. The molecule has 2 aliphatic rings. The minimum Gasteiger partial charge on any atom is -0.493 e. The number of benzene rings is 1. The van der Waals surface area contributed by atoms with Crippen molar-refractivity contribution in [3.05, 3.63) is 35.5 Å². The van der Waals surface area contributed by atoms with Gasteiger partial charge in [0.2, 0.25) is 0 Å². The van der Waals surface area contributed by atoms with E-state index in [1.165, 1.54) is 6.07 Å². The van der Waals surface area contributed by atoms with Crippen LogP contribution in [0.25, 0.3) is 0 Å². The van der Waals surface area contributed by atoms with Gasteiger partial charge in [-0.3, -0.25) is 0 Å². The average Bonchev–Trinajstić information content (AvgIpc) is 2.84. The summed E-state index contributed by atoms with van der Waals surface area (Å²) >= 11 is 0. The zero-order chi connectivity index (χ0) is 20.0. The molecule has 1 aliphatic heterocycles. The largest absolute Gasteiger partial charge is 0.493 e. The molecule has 0 bridgehead atoms. The maximum Gasteiger partial charge on any atom is 0.161 e. The topological polar surface area (TPSA) is 41.9 Å². The molecule has 2 atom stereocenters. The van der Waals surface area contributed by atoms with Crippen molar-refractivity contribution in [2.45, 2.75) is 30.8 Å². The molecule has 0 amide bonds. The Balaban J connectivity index is 2.06. The summed E-state index contributed by atoms with van der Waals surface area (Å²) in [5.41, 5.74) is 1.45. The standard InChI is InChI=1S/C17H23NO3/c1-18-9-8-17(7-6-13(19)11-16(17)18)12-4-5-14(20-2)15(10-12)21-3/h4-5,10-11,13,19H,6-9H2,1-3H3/t13-,17-/m0/s1/i2D3,3D3. The third-order valence-electron chi connectivity index (χ3n) is 4.71. The minimum atomic E-state index is -2.74. The van der Waals surface area contributed by atoms with Crippen molar-refractivity contribution in [2.24, 2.45) is 0 Å². The number of rotatable bonds is 3. The first-order valence-electron chi connectivity index (χ1n) is 10.0. The zero-order valence-corrected chi connectivity index (χ0v) is 11.9. The fourth-order valence-electron chi connectivity index (χ4n) is 3.58. The quantitative estimate of drug-likeness (QED) is 0.929. The first-order chi connectivity index (χ1) is 12.4. The van der Waals surface area contributed by atoms with Crippen LogP contribution in [0.2, 0.25) is 0 Å². The van der Waals surface area contributed by atoms with Crippen LogP contribution in [0.3, 0.4) is 0 Å². The minimum absolute atomic E-state index is 0.127. The van der Waals surface area contributed by atoms with Gasteiger partial charge in [-0.25, -0.2) is 0 Å². The molecule has 4 heteroatoms. The maximum atomic E-state index is 10.0. The van der Waals surface area contributed by atoms with Gasteiger partial charge in [0.1, 0.15) is 0 Å². The lowest BCUT2D eigenvalue weighted by Crippen LogP contribution is -2.33. The van der Waals surface area contributed by atoms with Crippen molar-refractivity contribution in [3.8, 4) is 11.5 Å². The van der Waals surface area contributed by atoms with E-state index in [4.69, 9.17) is 17.7 Å². The number of hydrogen-bond acceptors (Lipinski definition) is 4. The number of likely N-dealkylation sites (N-methyl/N-ethyl adjacent to an activating group) is 1. The second-order valence-electron chi connectivity index (χ2n) is 5.78. The average molecular weight is 295 g/mol. The normalized spacial score (nSPS) is 33.5. The SMILES string of the molecule is [2H]C([2H])([2H])Oc1ccc([C@@]23CC[C@H](O)C=C2N(C)CC3)cc1OC([2H])([2H])[2H]. The van der Waals surface area contributed by atoms with E-state index in [9.17, 15) is 5.11 Å². The Morgan fingerprint density at radius 1 is 1.29 bits per heavy atom. The maximum absolute atomic E-state index is 10.0. The van der Waals surface area contributed by atoms with Crippen molar-refractivity contribution in [1.29, 1.82) is 0 Å². The van der Waals surface area contributed by atoms with Gasteiger partial charge in [-0.05, 0) is 43.0 Å². The van der Waals surface area contributed by atoms with Crippen molar-refractivity contribution in [2.75, 3.05) is 27.7 Å². The molecule has 1 heterocycles. The molecule has 1 aromatic rings. The van der Waals surface area contributed by atoms with Crippen LogP contribution in [-0.4, -0.2) is 43.8 Å². The van der Waals surface area contributed by atoms with Crippen molar-refractivity contribution >= 4 is 0 Å². The van der Waals surface area contributed by atoms with Crippen molar-refractivity contribution < 1.29 is 22.8 Å². The molecule has 3 rings (SSSR count). The second-order valence-corrected chi connectivity index (χ2v) is 5.78. The number of ether oxygens (including phenoxy) is 2. The van der Waals surface area contributed by atoms with Gasteiger partial charge in [0.05, 0.1) is 28.4 Å². The Morgan fingerprint density at radius 3 is 2.90 bits per heavy atom. The van der Waals surface area contributed by atoms with E-state index in [1.807, 2.05) is 13.1 Å². The van der Waals surface area contributed by atoms with E-state index in [2.05, 4.69) is 4.90 Å². The van der Waals surface area contributed by atoms with Gasteiger partial charge in [0.25, 0.3) is 0 Å². The smallest absolute Gasteiger partial charge is 0.161 e. The highest BCUT2D eigenvalue weighted by atomic mass is 16.5. The third-order valence-corrected chi connectivity index (χ3v) is 4.71. The summed E-state index contributed by atoms with van der Waals surface area (Å²) in [4.78, 5) is 2.08. The van der Waals surface area contributed by atoms with Gasteiger partial charge in [-0.15, -0.1) is 0 Å². The summed E-state index contributed by atoms with van der Waals surface area (Å²) in [6.45, 7) is 0.807. The molecule has 4 nitrogen and oxygen atoms in total. The Morgan fingerprint density at radius 2 is 2.10 bits per heavy atom. The summed E-state index contributed by atoms with van der Waals surface area (Å²) in [5, 5.41) is 10.0. The van der Waals surface area contributed by atoms with Crippen LogP contribution in [0.5, 0.6) is 11.5 Å². The first kappa shape index (κ1) is 8.69. The lowest BCUT2D eigenvalue weighted by molar-refractivity contribution is 0.181. The molecule has 114 valence electrons. The van der Waals surface area contributed by atoms with Gasteiger partial charge in [0.15, 0.2) is 11.5 Å². The van der Waals surface area contributed by atoms with E-state index in [-0.39, 0.29) is 16.9 Å². The fraction of sp³-hybridized carbons (Fsp3) is 0.529. The summed E-state index contributed by atoms with van der Waals surface area (Å²) < 4.78 is 54.0. The zero-order valence-electron chi connectivity index (χ0n) is 17.9. The van der Waals surface area contributed by atoms with Crippen LogP contribution in [0.4, 0.5) is 0 Å². The van der Waals surface area contributed by atoms with Crippen LogP contribution in [-0.2, 0) is 5.41 Å². The molecule has 0 spiro atoms. The summed E-state index contributed by atoms with van der Waals surface area (Å²) in [7, 11) is -3.51. The molecule has 1 N–H and O–H groups in total. The molecule has 1 aromatic carbocycles. The number of hydrogen-bond donors (Lipinski definition) is 1. The van der Waals surface area contributed by atoms with Gasteiger partial charge >= 0.3 is 0 Å². The molecular weight excluding hydrogens is 266 g/mol. The Labute approximate surface area is 134 Å². The van der Waals surface area contributed by atoms with Crippen LogP contribution in [0, 0.1) is 0 Å². The number of aliphatic hydroxyl groups is 1. The van der Waals surface area contributed by atoms with Crippen LogP contribution in [0.15, 0.2) is 30.0 Å². The van der Waals surface area contributed by atoms with Crippen LogP contribution in [0.1, 0.15) is 33.1 Å². The number of likely N-dealkylation sites (tertiary alicyclic amines) is 1. The predicted octanol–water partition coefficient (Wildman–Crippen LogP) is 2.32. The van der Waals surface area contributed by atoms with E-state index in [1.54, 1.807) is 12.1 Å². The van der Waals surface area contributed by atoms with Gasteiger partial charge in [-0.2, -0.15) is 0 Å².